The van der Waals surface area contributed by atoms with Gasteiger partial charge in [-0.2, -0.15) is 0 Å². The summed E-state index contributed by atoms with van der Waals surface area (Å²) in [5.74, 6) is -0.616. The average Bonchev–Trinajstić information content (AvgIpc) is 2.89. The van der Waals surface area contributed by atoms with Crippen molar-refractivity contribution in [3.05, 3.63) is 99.4 Å². The molecule has 0 aromatic heterocycles. The van der Waals surface area contributed by atoms with E-state index in [-0.39, 0.29) is 11.8 Å². The lowest BCUT2D eigenvalue weighted by Gasteiger charge is -2.23. The fourth-order valence-corrected chi connectivity index (χ4v) is 5.04. The summed E-state index contributed by atoms with van der Waals surface area (Å²) in [5.41, 5.74) is 3.93. The predicted molar refractivity (Wildman–Crippen MR) is 121 cm³/mol. The molecule has 30 heavy (non-hydrogen) atoms. The zero-order valence-electron chi connectivity index (χ0n) is 16.1. The number of thioether (sulfide) groups is 1. The third-order valence-corrected chi connectivity index (χ3v) is 6.65. The molecule has 2 aliphatic rings. The van der Waals surface area contributed by atoms with Crippen LogP contribution in [-0.4, -0.2) is 11.8 Å². The number of nitrogens with zero attached hydrogens (tertiary/aromatic N) is 1. The van der Waals surface area contributed by atoms with E-state index in [1.807, 2.05) is 55.5 Å². The molecule has 2 amide bonds. The molecule has 1 unspecified atom stereocenters. The Morgan fingerprint density at radius 2 is 1.70 bits per heavy atom. The van der Waals surface area contributed by atoms with E-state index in [2.05, 4.69) is 5.32 Å². The third kappa shape index (κ3) is 3.11. The minimum Gasteiger partial charge on any atom is -0.373 e. The normalized spacial score (nSPS) is 18.1. The molecule has 5 rings (SSSR count). The van der Waals surface area contributed by atoms with E-state index in [0.29, 0.717) is 21.2 Å². The molecule has 0 saturated heterocycles. The van der Waals surface area contributed by atoms with Gasteiger partial charge in [-0.25, -0.2) is 4.90 Å². The van der Waals surface area contributed by atoms with Gasteiger partial charge < -0.3 is 5.32 Å². The SMILES string of the molecule is Cc1cccc(C2Nc3ccccc3SC3=C2C(=O)N(c2ccc(Cl)cc2)C3=O)c1. The van der Waals surface area contributed by atoms with Crippen LogP contribution in [-0.2, 0) is 9.59 Å². The number of benzene rings is 3. The Labute approximate surface area is 183 Å². The quantitative estimate of drug-likeness (QED) is 0.525. The van der Waals surface area contributed by atoms with Crippen molar-refractivity contribution in [3.63, 3.8) is 0 Å². The number of hydrogen-bond donors (Lipinski definition) is 1. The number of anilines is 2. The van der Waals surface area contributed by atoms with Crippen molar-refractivity contribution in [2.75, 3.05) is 10.2 Å². The van der Waals surface area contributed by atoms with Crippen LogP contribution in [0.25, 0.3) is 0 Å². The standard InChI is InChI=1S/C24H17ClN2O2S/c1-14-5-4-6-15(13-14)21-20-22(30-19-8-3-2-7-18(19)26-21)24(29)27(23(20)28)17-11-9-16(25)10-12-17/h2-13,21,26H,1H3. The first-order chi connectivity index (χ1) is 14.5. The van der Waals surface area contributed by atoms with Crippen molar-refractivity contribution in [2.45, 2.75) is 17.9 Å². The maximum absolute atomic E-state index is 13.6. The number of fused-ring (bicyclic) bond motifs is 1. The van der Waals surface area contributed by atoms with Gasteiger partial charge in [0.15, 0.2) is 0 Å². The van der Waals surface area contributed by atoms with Gasteiger partial charge in [0.1, 0.15) is 0 Å². The highest BCUT2D eigenvalue weighted by atomic mass is 35.5. The van der Waals surface area contributed by atoms with Crippen LogP contribution in [0.4, 0.5) is 11.4 Å². The molecule has 3 aromatic carbocycles. The molecule has 148 valence electrons. The van der Waals surface area contributed by atoms with E-state index in [0.717, 1.165) is 21.7 Å². The lowest BCUT2D eigenvalue weighted by atomic mass is 9.96. The molecule has 1 N–H and O–H groups in total. The maximum atomic E-state index is 13.6. The minimum absolute atomic E-state index is 0.307. The number of para-hydroxylation sites is 1. The largest absolute Gasteiger partial charge is 0.373 e. The topological polar surface area (TPSA) is 49.4 Å². The minimum atomic E-state index is -0.426. The van der Waals surface area contributed by atoms with Gasteiger partial charge in [0.2, 0.25) is 0 Å². The smallest absolute Gasteiger partial charge is 0.272 e. The molecule has 4 nitrogen and oxygen atoms in total. The molecule has 0 aliphatic carbocycles. The summed E-state index contributed by atoms with van der Waals surface area (Å²) >= 11 is 7.34. The molecule has 6 heteroatoms. The number of carbonyl (C=O) groups is 2. The van der Waals surface area contributed by atoms with Gasteiger partial charge in [0.05, 0.1) is 22.2 Å². The Morgan fingerprint density at radius 1 is 0.933 bits per heavy atom. The monoisotopic (exact) mass is 432 g/mol. The average molecular weight is 433 g/mol. The van der Waals surface area contributed by atoms with Crippen molar-refractivity contribution < 1.29 is 9.59 Å². The van der Waals surface area contributed by atoms with Crippen LogP contribution in [0.3, 0.4) is 0 Å². The molecule has 1 atom stereocenters. The molecule has 0 bridgehead atoms. The van der Waals surface area contributed by atoms with Gasteiger partial charge >= 0.3 is 0 Å². The van der Waals surface area contributed by atoms with E-state index >= 15 is 0 Å². The van der Waals surface area contributed by atoms with Crippen molar-refractivity contribution in [3.8, 4) is 0 Å². The number of rotatable bonds is 2. The van der Waals surface area contributed by atoms with Crippen LogP contribution in [0.2, 0.25) is 5.02 Å². The van der Waals surface area contributed by atoms with Gasteiger partial charge in [-0.15, -0.1) is 0 Å². The van der Waals surface area contributed by atoms with Gasteiger partial charge in [0, 0.05) is 15.6 Å². The van der Waals surface area contributed by atoms with Crippen molar-refractivity contribution in [2.24, 2.45) is 0 Å². The van der Waals surface area contributed by atoms with E-state index in [1.165, 1.54) is 16.7 Å². The molecular formula is C24H17ClN2O2S. The second kappa shape index (κ2) is 7.35. The van der Waals surface area contributed by atoms with Crippen LogP contribution in [0.1, 0.15) is 17.2 Å². The lowest BCUT2D eigenvalue weighted by Crippen LogP contribution is -2.33. The summed E-state index contributed by atoms with van der Waals surface area (Å²) in [5, 5.41) is 4.06. The molecule has 2 heterocycles. The fourth-order valence-electron chi connectivity index (χ4n) is 3.82. The highest BCUT2D eigenvalue weighted by Crippen LogP contribution is 2.48. The molecule has 0 radical (unpaired) electrons. The Kier molecular flexibility index (Phi) is 4.65. The Hall–Kier alpha value is -3.02. The number of amides is 2. The molecule has 0 spiro atoms. The Balaban J connectivity index is 1.66. The summed E-state index contributed by atoms with van der Waals surface area (Å²) in [6.45, 7) is 2.01. The summed E-state index contributed by atoms with van der Waals surface area (Å²) in [6, 6.07) is 22.1. The van der Waals surface area contributed by atoms with Crippen molar-refractivity contribution in [1.82, 2.24) is 0 Å². The number of halogens is 1. The number of carbonyl (C=O) groups excluding carboxylic acids is 2. The van der Waals surface area contributed by atoms with Crippen molar-refractivity contribution in [1.29, 1.82) is 0 Å². The first kappa shape index (κ1) is 19.0. The van der Waals surface area contributed by atoms with Crippen LogP contribution in [0.15, 0.2) is 88.2 Å². The predicted octanol–water partition coefficient (Wildman–Crippen LogP) is 5.73. The van der Waals surface area contributed by atoms with Gasteiger partial charge in [-0.05, 0) is 48.9 Å². The Morgan fingerprint density at radius 3 is 2.47 bits per heavy atom. The van der Waals surface area contributed by atoms with E-state index in [4.69, 9.17) is 11.6 Å². The van der Waals surface area contributed by atoms with Gasteiger partial charge in [-0.1, -0.05) is 65.3 Å². The van der Waals surface area contributed by atoms with E-state index in [1.54, 1.807) is 24.3 Å². The fraction of sp³-hybridized carbons (Fsp3) is 0.0833. The number of aryl methyl sites for hydroxylation is 1. The summed E-state index contributed by atoms with van der Waals surface area (Å²) in [6.07, 6.45) is 0. The second-order valence-electron chi connectivity index (χ2n) is 7.25. The number of imide groups is 1. The van der Waals surface area contributed by atoms with E-state index < -0.39 is 6.04 Å². The molecular weight excluding hydrogens is 416 g/mol. The summed E-state index contributed by atoms with van der Waals surface area (Å²) in [7, 11) is 0. The molecule has 0 saturated carbocycles. The van der Waals surface area contributed by atoms with Gasteiger partial charge in [0.25, 0.3) is 11.8 Å². The molecule has 2 aliphatic heterocycles. The second-order valence-corrected chi connectivity index (χ2v) is 8.74. The third-order valence-electron chi connectivity index (χ3n) is 5.22. The van der Waals surface area contributed by atoms with Crippen molar-refractivity contribution >= 4 is 46.6 Å². The highest BCUT2D eigenvalue weighted by molar-refractivity contribution is 8.04. The molecule has 3 aromatic rings. The van der Waals surface area contributed by atoms with Crippen LogP contribution < -0.4 is 10.2 Å². The maximum Gasteiger partial charge on any atom is 0.272 e. The Bertz CT molecular complexity index is 1220. The number of nitrogens with one attached hydrogen (secondary N) is 1. The van der Waals surface area contributed by atoms with Crippen LogP contribution >= 0.6 is 23.4 Å². The first-order valence-corrected chi connectivity index (χ1v) is 10.7. The van der Waals surface area contributed by atoms with Gasteiger partial charge in [-0.3, -0.25) is 9.59 Å². The van der Waals surface area contributed by atoms with Crippen LogP contribution in [0.5, 0.6) is 0 Å². The number of hydrogen-bond acceptors (Lipinski definition) is 4. The lowest BCUT2D eigenvalue weighted by molar-refractivity contribution is -0.120. The zero-order valence-corrected chi connectivity index (χ0v) is 17.6. The molecule has 0 fully saturated rings. The highest BCUT2D eigenvalue weighted by Gasteiger charge is 2.45. The summed E-state index contributed by atoms with van der Waals surface area (Å²) in [4.78, 5) is 29.6. The van der Waals surface area contributed by atoms with Crippen LogP contribution in [0, 0.1) is 6.92 Å². The first-order valence-electron chi connectivity index (χ1n) is 9.51. The zero-order chi connectivity index (χ0) is 20.8. The van der Waals surface area contributed by atoms with E-state index in [9.17, 15) is 9.59 Å². The summed E-state index contributed by atoms with van der Waals surface area (Å²) < 4.78 is 0.